The minimum atomic E-state index is -4.46. The molecular weight excluding hydrogens is 371 g/mol. The molecule has 2 aromatic rings. The monoisotopic (exact) mass is 387 g/mol. The van der Waals surface area contributed by atoms with Crippen molar-refractivity contribution in [2.75, 3.05) is 17.6 Å². The summed E-state index contributed by atoms with van der Waals surface area (Å²) in [4.78, 5) is 22.7. The van der Waals surface area contributed by atoms with Gasteiger partial charge in [0, 0.05) is 12.6 Å². The number of alkyl halides is 3. The number of aromatic nitrogens is 3. The Morgan fingerprint density at radius 2 is 2.00 bits per heavy atom. The van der Waals surface area contributed by atoms with Crippen LogP contribution in [0.1, 0.15) is 12.7 Å². The Morgan fingerprint density at radius 3 is 2.65 bits per heavy atom. The Labute approximate surface area is 151 Å². The molecule has 1 aromatic carbocycles. The highest BCUT2D eigenvalue weighted by atomic mass is 32.2. The minimum Gasteiger partial charge on any atom is -0.346 e. The van der Waals surface area contributed by atoms with Crippen molar-refractivity contribution in [3.63, 3.8) is 0 Å². The topological polar surface area (TPSA) is 88.9 Å². The van der Waals surface area contributed by atoms with Crippen molar-refractivity contribution >= 4 is 29.3 Å². The van der Waals surface area contributed by atoms with E-state index in [1.807, 2.05) is 0 Å². The van der Waals surface area contributed by atoms with Crippen LogP contribution in [0.3, 0.4) is 0 Å². The Morgan fingerprint density at radius 1 is 1.27 bits per heavy atom. The second-order valence-corrected chi connectivity index (χ2v) is 6.22. The van der Waals surface area contributed by atoms with Crippen LogP contribution in [0.25, 0.3) is 5.69 Å². The van der Waals surface area contributed by atoms with Crippen molar-refractivity contribution in [3.05, 3.63) is 30.1 Å². The first-order valence-electron chi connectivity index (χ1n) is 7.42. The van der Waals surface area contributed by atoms with Crippen molar-refractivity contribution in [2.24, 2.45) is 0 Å². The van der Waals surface area contributed by atoms with Crippen LogP contribution in [-0.4, -0.2) is 45.1 Å². The number of nitrogens with one attached hydrogen (secondary N) is 2. The maximum absolute atomic E-state index is 12.1. The van der Waals surface area contributed by atoms with E-state index in [0.29, 0.717) is 22.4 Å². The third kappa shape index (κ3) is 5.76. The minimum absolute atomic E-state index is 0.224. The third-order valence-electron chi connectivity index (χ3n) is 3.04. The van der Waals surface area contributed by atoms with Crippen molar-refractivity contribution in [1.29, 1.82) is 0 Å². The van der Waals surface area contributed by atoms with Crippen molar-refractivity contribution in [3.8, 4) is 5.69 Å². The van der Waals surface area contributed by atoms with E-state index in [2.05, 4.69) is 15.5 Å². The Balaban J connectivity index is 2.11. The Bertz CT molecular complexity index is 807. The van der Waals surface area contributed by atoms with E-state index < -0.39 is 18.6 Å². The second kappa shape index (κ2) is 8.21. The summed E-state index contributed by atoms with van der Waals surface area (Å²) < 4.78 is 38.0. The van der Waals surface area contributed by atoms with Crippen LogP contribution in [0.15, 0.2) is 29.4 Å². The molecule has 0 saturated carbocycles. The smallest absolute Gasteiger partial charge is 0.346 e. The number of anilines is 1. The molecule has 0 aliphatic heterocycles. The van der Waals surface area contributed by atoms with E-state index in [9.17, 15) is 22.8 Å². The molecule has 0 unspecified atom stereocenters. The Kier molecular flexibility index (Phi) is 6.24. The maximum Gasteiger partial charge on any atom is 0.405 e. The summed E-state index contributed by atoms with van der Waals surface area (Å²) in [6, 6.07) is 6.90. The zero-order valence-electron chi connectivity index (χ0n) is 13.9. The highest BCUT2D eigenvalue weighted by Crippen LogP contribution is 2.23. The number of nitrogens with zero attached hydrogens (tertiary/aromatic N) is 3. The number of benzene rings is 1. The molecule has 0 bridgehead atoms. The number of aryl methyl sites for hydroxylation is 1. The van der Waals surface area contributed by atoms with Gasteiger partial charge >= 0.3 is 6.18 Å². The highest BCUT2D eigenvalue weighted by Gasteiger charge is 2.27. The standard InChI is InChI=1S/C15H16F3N5O2S/c1-9-21-22-14(26-7-13(25)19-8-15(16,17)18)23(9)12-5-3-4-11(6-12)20-10(2)24/h3-6H,7-8H2,1-2H3,(H,19,25)(H,20,24). The number of halogens is 3. The molecule has 0 radical (unpaired) electrons. The summed E-state index contributed by atoms with van der Waals surface area (Å²) >= 11 is 0.964. The lowest BCUT2D eigenvalue weighted by molar-refractivity contribution is -0.136. The number of amides is 2. The number of carbonyl (C=O) groups excluding carboxylic acids is 2. The first-order valence-corrected chi connectivity index (χ1v) is 8.40. The number of rotatable bonds is 6. The largest absolute Gasteiger partial charge is 0.405 e. The molecule has 1 heterocycles. The Hall–Kier alpha value is -2.56. The van der Waals surface area contributed by atoms with Gasteiger partial charge in [-0.1, -0.05) is 17.8 Å². The molecule has 0 spiro atoms. The van der Waals surface area contributed by atoms with Gasteiger partial charge in [-0.05, 0) is 25.1 Å². The van der Waals surface area contributed by atoms with Crippen LogP contribution in [0.4, 0.5) is 18.9 Å². The lowest BCUT2D eigenvalue weighted by Gasteiger charge is -2.11. The number of hydrogen-bond donors (Lipinski definition) is 2. The van der Waals surface area contributed by atoms with Crippen LogP contribution >= 0.6 is 11.8 Å². The summed E-state index contributed by atoms with van der Waals surface area (Å²) in [5.41, 5.74) is 1.22. The average Bonchev–Trinajstić information content (AvgIpc) is 2.90. The molecule has 140 valence electrons. The fourth-order valence-corrected chi connectivity index (χ4v) is 2.87. The summed E-state index contributed by atoms with van der Waals surface area (Å²) in [7, 11) is 0. The quantitative estimate of drug-likeness (QED) is 0.743. The average molecular weight is 387 g/mol. The number of hydrogen-bond acceptors (Lipinski definition) is 5. The van der Waals surface area contributed by atoms with Crippen LogP contribution in [0, 0.1) is 6.92 Å². The van der Waals surface area contributed by atoms with Crippen LogP contribution in [0.2, 0.25) is 0 Å². The zero-order valence-corrected chi connectivity index (χ0v) is 14.7. The van der Waals surface area contributed by atoms with Gasteiger partial charge in [0.2, 0.25) is 11.8 Å². The van der Waals surface area contributed by atoms with Crippen LogP contribution in [-0.2, 0) is 9.59 Å². The van der Waals surface area contributed by atoms with Crippen molar-refractivity contribution in [1.82, 2.24) is 20.1 Å². The molecule has 0 saturated heterocycles. The summed E-state index contributed by atoms with van der Waals surface area (Å²) in [5.74, 6) is -0.687. The van der Waals surface area contributed by atoms with E-state index in [1.54, 1.807) is 41.1 Å². The van der Waals surface area contributed by atoms with Gasteiger partial charge in [-0.2, -0.15) is 13.2 Å². The molecule has 2 N–H and O–H groups in total. The molecule has 2 amide bonds. The molecule has 26 heavy (non-hydrogen) atoms. The van der Waals surface area contributed by atoms with Crippen molar-refractivity contribution in [2.45, 2.75) is 25.2 Å². The van der Waals surface area contributed by atoms with Crippen LogP contribution in [0.5, 0.6) is 0 Å². The maximum atomic E-state index is 12.1. The highest BCUT2D eigenvalue weighted by molar-refractivity contribution is 7.99. The van der Waals surface area contributed by atoms with Gasteiger partial charge < -0.3 is 10.6 Å². The van der Waals surface area contributed by atoms with E-state index >= 15 is 0 Å². The third-order valence-corrected chi connectivity index (χ3v) is 3.97. The molecule has 7 nitrogen and oxygen atoms in total. The van der Waals surface area contributed by atoms with E-state index in [0.717, 1.165) is 11.8 Å². The zero-order chi connectivity index (χ0) is 19.3. The lowest BCUT2D eigenvalue weighted by Crippen LogP contribution is -2.34. The van der Waals surface area contributed by atoms with E-state index in [4.69, 9.17) is 0 Å². The van der Waals surface area contributed by atoms with E-state index in [-0.39, 0.29) is 11.7 Å². The first-order chi connectivity index (χ1) is 12.2. The van der Waals surface area contributed by atoms with Gasteiger partial charge in [-0.25, -0.2) is 0 Å². The number of thioether (sulfide) groups is 1. The molecule has 2 rings (SSSR count). The first kappa shape index (κ1) is 19.8. The predicted molar refractivity (Wildman–Crippen MR) is 90.2 cm³/mol. The normalized spacial score (nSPS) is 11.3. The fourth-order valence-electron chi connectivity index (χ4n) is 2.04. The molecule has 0 fully saturated rings. The van der Waals surface area contributed by atoms with Crippen LogP contribution < -0.4 is 10.6 Å². The lowest BCUT2D eigenvalue weighted by atomic mass is 10.2. The molecule has 0 atom stereocenters. The summed E-state index contributed by atoms with van der Waals surface area (Å²) in [6.07, 6.45) is -4.46. The van der Waals surface area contributed by atoms with E-state index in [1.165, 1.54) is 6.92 Å². The predicted octanol–water partition coefficient (Wildman–Crippen LogP) is 2.30. The molecule has 0 aliphatic rings. The van der Waals surface area contributed by atoms with Crippen molar-refractivity contribution < 1.29 is 22.8 Å². The fraction of sp³-hybridized carbons (Fsp3) is 0.333. The van der Waals surface area contributed by atoms with Gasteiger partial charge in [-0.3, -0.25) is 14.2 Å². The van der Waals surface area contributed by atoms with Gasteiger partial charge in [0.25, 0.3) is 0 Å². The summed E-state index contributed by atoms with van der Waals surface area (Å²) in [6.45, 7) is 1.71. The van der Waals surface area contributed by atoms with Gasteiger partial charge in [0.15, 0.2) is 5.16 Å². The van der Waals surface area contributed by atoms with Gasteiger partial charge in [0.1, 0.15) is 12.4 Å². The molecule has 0 aliphatic carbocycles. The number of carbonyl (C=O) groups is 2. The molecule has 11 heteroatoms. The van der Waals surface area contributed by atoms with Gasteiger partial charge in [-0.15, -0.1) is 10.2 Å². The SMILES string of the molecule is CC(=O)Nc1cccc(-n2c(C)nnc2SCC(=O)NCC(F)(F)F)c1. The summed E-state index contributed by atoms with van der Waals surface area (Å²) in [5, 5.41) is 12.7. The molecule has 1 aromatic heterocycles. The second-order valence-electron chi connectivity index (χ2n) is 5.28. The van der Waals surface area contributed by atoms with Gasteiger partial charge in [0.05, 0.1) is 11.4 Å². The molecular formula is C15H16F3N5O2S.